The van der Waals surface area contributed by atoms with Gasteiger partial charge in [-0.2, -0.15) is 0 Å². The molecular weight excluding hydrogens is 252 g/mol. The third-order valence-electron chi connectivity index (χ3n) is 3.27. The van der Waals surface area contributed by atoms with Gasteiger partial charge in [-0.15, -0.1) is 0 Å². The van der Waals surface area contributed by atoms with Gasteiger partial charge in [-0.3, -0.25) is 10.1 Å². The lowest BCUT2D eigenvalue weighted by atomic mass is 10.2. The van der Waals surface area contributed by atoms with Crippen molar-refractivity contribution in [3.05, 3.63) is 34.4 Å². The van der Waals surface area contributed by atoms with E-state index >= 15 is 0 Å². The van der Waals surface area contributed by atoms with Crippen molar-refractivity contribution in [3.63, 3.8) is 0 Å². The Labute approximate surface area is 109 Å². The van der Waals surface area contributed by atoms with Gasteiger partial charge in [0.05, 0.1) is 11.0 Å². The zero-order valence-corrected chi connectivity index (χ0v) is 10.4. The molecule has 102 valence electrons. The highest BCUT2D eigenvalue weighted by molar-refractivity contribution is 5.81. The van der Waals surface area contributed by atoms with Crippen molar-refractivity contribution < 1.29 is 19.6 Å². The Bertz CT molecular complexity index is 505. The summed E-state index contributed by atoms with van der Waals surface area (Å²) in [6.45, 7) is 0.332. The fraction of sp³-hybridized carbons (Fsp3) is 0.417. The van der Waals surface area contributed by atoms with Crippen molar-refractivity contribution in [2.75, 3.05) is 18.6 Å². The number of nitrogens with zero attached hydrogens (tertiary/aromatic N) is 2. The normalized spacial score (nSPS) is 22.5. The number of nitro benzene ring substituents is 1. The highest BCUT2D eigenvalue weighted by Gasteiger charge is 2.39. The van der Waals surface area contributed by atoms with E-state index in [1.54, 1.807) is 18.2 Å². The second-order valence-corrected chi connectivity index (χ2v) is 4.35. The first kappa shape index (κ1) is 13.3. The number of ether oxygens (including phenoxy) is 1. The Hall–Kier alpha value is -2.15. The van der Waals surface area contributed by atoms with E-state index in [0.29, 0.717) is 18.7 Å². The summed E-state index contributed by atoms with van der Waals surface area (Å²) in [4.78, 5) is 23.3. The molecule has 1 N–H and O–H groups in total. The second kappa shape index (κ2) is 5.23. The SMILES string of the molecule is CO[C@H]1C[C@@H](C(=O)O)N(c2ccccc2[N+](=O)[O-])C1. The summed E-state index contributed by atoms with van der Waals surface area (Å²) in [6, 6.07) is 5.34. The molecule has 1 saturated heterocycles. The van der Waals surface area contributed by atoms with Crippen LogP contribution in [0.25, 0.3) is 0 Å². The molecule has 1 fully saturated rings. The predicted octanol–water partition coefficient (Wildman–Crippen LogP) is 1.27. The summed E-state index contributed by atoms with van der Waals surface area (Å²) in [7, 11) is 1.51. The molecule has 1 aromatic rings. The first-order valence-electron chi connectivity index (χ1n) is 5.80. The zero-order chi connectivity index (χ0) is 14.0. The molecule has 7 nitrogen and oxygen atoms in total. The Morgan fingerprint density at radius 1 is 1.53 bits per heavy atom. The van der Waals surface area contributed by atoms with Gasteiger partial charge in [-0.1, -0.05) is 12.1 Å². The van der Waals surface area contributed by atoms with Gasteiger partial charge in [0.1, 0.15) is 11.7 Å². The molecule has 1 aromatic carbocycles. The van der Waals surface area contributed by atoms with Crippen LogP contribution in [0.3, 0.4) is 0 Å². The number of rotatable bonds is 4. The van der Waals surface area contributed by atoms with Crippen LogP contribution in [0.15, 0.2) is 24.3 Å². The number of carboxylic acids is 1. The minimum Gasteiger partial charge on any atom is -0.480 e. The third-order valence-corrected chi connectivity index (χ3v) is 3.27. The van der Waals surface area contributed by atoms with Crippen LogP contribution in [0.4, 0.5) is 11.4 Å². The molecule has 0 aromatic heterocycles. The summed E-state index contributed by atoms with van der Waals surface area (Å²) in [5.74, 6) is -1.00. The molecule has 0 spiro atoms. The van der Waals surface area contributed by atoms with Crippen LogP contribution in [0.2, 0.25) is 0 Å². The second-order valence-electron chi connectivity index (χ2n) is 4.35. The highest BCUT2D eigenvalue weighted by Crippen LogP contribution is 2.34. The maximum atomic E-state index is 11.3. The maximum Gasteiger partial charge on any atom is 0.326 e. The number of para-hydroxylation sites is 2. The van der Waals surface area contributed by atoms with Gasteiger partial charge in [0.25, 0.3) is 5.69 Å². The lowest BCUT2D eigenvalue weighted by Gasteiger charge is -2.22. The molecule has 0 saturated carbocycles. The van der Waals surface area contributed by atoms with Crippen LogP contribution < -0.4 is 4.90 Å². The molecule has 2 atom stereocenters. The van der Waals surface area contributed by atoms with Gasteiger partial charge < -0.3 is 14.7 Å². The number of carboxylic acid groups (broad SMARTS) is 1. The Morgan fingerprint density at radius 2 is 2.21 bits per heavy atom. The van der Waals surface area contributed by atoms with E-state index in [1.807, 2.05) is 0 Å². The molecule has 1 aliphatic heterocycles. The number of hydrogen-bond donors (Lipinski definition) is 1. The van der Waals surface area contributed by atoms with Crippen LogP contribution >= 0.6 is 0 Å². The molecule has 0 aliphatic carbocycles. The van der Waals surface area contributed by atoms with Crippen LogP contribution in [0.5, 0.6) is 0 Å². The third kappa shape index (κ3) is 2.50. The molecule has 19 heavy (non-hydrogen) atoms. The number of methoxy groups -OCH3 is 1. The van der Waals surface area contributed by atoms with E-state index in [4.69, 9.17) is 4.74 Å². The van der Waals surface area contributed by atoms with Gasteiger partial charge in [0.15, 0.2) is 0 Å². The van der Waals surface area contributed by atoms with Crippen LogP contribution in [0, 0.1) is 10.1 Å². The predicted molar refractivity (Wildman–Crippen MR) is 67.3 cm³/mol. The first-order valence-corrected chi connectivity index (χ1v) is 5.80. The Balaban J connectivity index is 2.39. The lowest BCUT2D eigenvalue weighted by Crippen LogP contribution is -2.36. The van der Waals surface area contributed by atoms with E-state index in [2.05, 4.69) is 0 Å². The first-order chi connectivity index (χ1) is 9.04. The fourth-order valence-electron chi connectivity index (χ4n) is 2.33. The zero-order valence-electron chi connectivity index (χ0n) is 10.4. The molecule has 0 radical (unpaired) electrons. The summed E-state index contributed by atoms with van der Waals surface area (Å²) >= 11 is 0. The Kier molecular flexibility index (Phi) is 3.66. The number of carbonyl (C=O) groups is 1. The fourth-order valence-corrected chi connectivity index (χ4v) is 2.33. The number of aliphatic carboxylic acids is 1. The van der Waals surface area contributed by atoms with Crippen molar-refractivity contribution in [2.24, 2.45) is 0 Å². The molecule has 1 aliphatic rings. The smallest absolute Gasteiger partial charge is 0.326 e. The summed E-state index contributed by atoms with van der Waals surface area (Å²) in [6.07, 6.45) is 0.0821. The highest BCUT2D eigenvalue weighted by atomic mass is 16.6. The maximum absolute atomic E-state index is 11.3. The van der Waals surface area contributed by atoms with Crippen LogP contribution in [0.1, 0.15) is 6.42 Å². The summed E-state index contributed by atoms with van der Waals surface area (Å²) in [5.41, 5.74) is 0.227. The topological polar surface area (TPSA) is 92.9 Å². The van der Waals surface area contributed by atoms with Crippen molar-refractivity contribution in [1.82, 2.24) is 0 Å². The minimum absolute atomic E-state index is 0.0921. The van der Waals surface area contributed by atoms with Crippen molar-refractivity contribution in [1.29, 1.82) is 0 Å². The summed E-state index contributed by atoms with van der Waals surface area (Å²) in [5, 5.41) is 20.2. The van der Waals surface area contributed by atoms with Gasteiger partial charge in [0.2, 0.25) is 0 Å². The van der Waals surface area contributed by atoms with Crippen molar-refractivity contribution >= 4 is 17.3 Å². The van der Waals surface area contributed by atoms with Gasteiger partial charge >= 0.3 is 5.97 Å². The van der Waals surface area contributed by atoms with Gasteiger partial charge in [0, 0.05) is 26.1 Å². The summed E-state index contributed by atoms with van der Waals surface area (Å²) < 4.78 is 5.17. The van der Waals surface area contributed by atoms with E-state index in [9.17, 15) is 20.0 Å². The van der Waals surface area contributed by atoms with Gasteiger partial charge in [-0.05, 0) is 6.07 Å². The Morgan fingerprint density at radius 3 is 2.79 bits per heavy atom. The van der Waals surface area contributed by atoms with Crippen molar-refractivity contribution in [3.8, 4) is 0 Å². The largest absolute Gasteiger partial charge is 0.480 e. The average Bonchev–Trinajstić information content (AvgIpc) is 2.83. The molecule has 0 bridgehead atoms. The van der Waals surface area contributed by atoms with Gasteiger partial charge in [-0.25, -0.2) is 4.79 Å². The van der Waals surface area contributed by atoms with E-state index in [-0.39, 0.29) is 11.8 Å². The molecule has 2 rings (SSSR count). The van der Waals surface area contributed by atoms with E-state index < -0.39 is 16.9 Å². The van der Waals surface area contributed by atoms with Crippen LogP contribution in [-0.2, 0) is 9.53 Å². The monoisotopic (exact) mass is 266 g/mol. The van der Waals surface area contributed by atoms with E-state index in [1.165, 1.54) is 18.1 Å². The quantitative estimate of drug-likeness (QED) is 0.651. The van der Waals surface area contributed by atoms with Crippen molar-refractivity contribution in [2.45, 2.75) is 18.6 Å². The standard InChI is InChI=1S/C12H14N2O5/c1-19-8-6-11(12(15)16)13(7-8)9-4-2-3-5-10(9)14(17)18/h2-5,8,11H,6-7H2,1H3,(H,15,16)/t8-,11-/m0/s1. The minimum atomic E-state index is -1.00. The molecule has 0 amide bonds. The number of anilines is 1. The molecule has 1 heterocycles. The molecule has 0 unspecified atom stereocenters. The number of hydrogen-bond acceptors (Lipinski definition) is 5. The van der Waals surface area contributed by atoms with E-state index in [0.717, 1.165) is 0 Å². The molecule has 7 heteroatoms. The number of nitro groups is 1. The molecular formula is C12H14N2O5. The van der Waals surface area contributed by atoms with Crippen LogP contribution in [-0.4, -0.2) is 41.8 Å². The lowest BCUT2D eigenvalue weighted by molar-refractivity contribution is -0.384. The average molecular weight is 266 g/mol. The number of benzene rings is 1.